The first-order valence-electron chi connectivity index (χ1n) is 14.3. The van der Waals surface area contributed by atoms with Crippen molar-refractivity contribution >= 4 is 25.5 Å². The molecule has 6 heteroatoms. The van der Waals surface area contributed by atoms with E-state index in [-0.39, 0.29) is 36.8 Å². The van der Waals surface area contributed by atoms with Gasteiger partial charge in [0.2, 0.25) is 0 Å². The molecule has 2 aliphatic rings. The lowest BCUT2D eigenvalue weighted by Crippen LogP contribution is -2.51. The largest absolute Gasteiger partial charge is 0.374 e. The standard InChI is InChI=1S/C33H45FN2O2P/c1-23(2)38-22-24-8-10-25(11-9-24)29(18-19-32(3,4)5)36-31(37)30(26-12-14-27(34)15-13-26)35-33(36)20-16-28(17-21-33)39(6)7/h8-15,23,28-29H,6,16-22H2,1-5,7H3/q+1. The predicted molar refractivity (Wildman–Crippen MR) is 163 cm³/mol. The SMILES string of the molecule is C=[P+](C)C1CCC2(CC1)N=C(c1ccc(F)cc1)C(=O)N2C(CCC(C)(C)C)c1ccc(COC(C)C)cc1. The summed E-state index contributed by atoms with van der Waals surface area (Å²) in [6.45, 7) is 13.7. The summed E-state index contributed by atoms with van der Waals surface area (Å²) in [4.78, 5) is 21.7. The molecule has 1 aliphatic heterocycles. The Bertz CT molecular complexity index is 1190. The number of amides is 1. The Morgan fingerprint density at radius 2 is 1.72 bits per heavy atom. The number of benzene rings is 2. The molecule has 0 bridgehead atoms. The number of hydrogen-bond acceptors (Lipinski definition) is 3. The van der Waals surface area contributed by atoms with Crippen molar-refractivity contribution in [2.75, 3.05) is 6.66 Å². The van der Waals surface area contributed by atoms with Gasteiger partial charge in [-0.2, -0.15) is 0 Å². The van der Waals surface area contributed by atoms with Crippen LogP contribution in [0.25, 0.3) is 0 Å². The molecule has 2 aromatic rings. The molecule has 4 rings (SSSR count). The van der Waals surface area contributed by atoms with E-state index < -0.39 is 5.66 Å². The van der Waals surface area contributed by atoms with Crippen molar-refractivity contribution in [3.05, 3.63) is 71.0 Å². The van der Waals surface area contributed by atoms with Gasteiger partial charge in [-0.05, 0) is 93.2 Å². The van der Waals surface area contributed by atoms with Gasteiger partial charge in [-0.15, -0.1) is 0 Å². The fraction of sp³-hybridized carbons (Fsp3) is 0.545. The van der Waals surface area contributed by atoms with Crippen molar-refractivity contribution in [1.82, 2.24) is 4.90 Å². The molecular weight excluding hydrogens is 506 g/mol. The van der Waals surface area contributed by atoms with E-state index in [9.17, 15) is 9.18 Å². The van der Waals surface area contributed by atoms with Crippen molar-refractivity contribution in [2.24, 2.45) is 10.4 Å². The maximum atomic E-state index is 14.3. The third kappa shape index (κ3) is 7.05. The molecule has 0 radical (unpaired) electrons. The quantitative estimate of drug-likeness (QED) is 0.295. The van der Waals surface area contributed by atoms with E-state index in [1.54, 1.807) is 12.1 Å². The molecule has 2 atom stereocenters. The van der Waals surface area contributed by atoms with Gasteiger partial charge < -0.3 is 9.64 Å². The van der Waals surface area contributed by atoms with Crippen LogP contribution in [0.2, 0.25) is 0 Å². The van der Waals surface area contributed by atoms with Crippen molar-refractivity contribution in [3.8, 4) is 0 Å². The minimum atomic E-state index is -0.579. The normalized spacial score (nSPS) is 22.9. The van der Waals surface area contributed by atoms with E-state index in [1.807, 2.05) is 13.8 Å². The van der Waals surface area contributed by atoms with Crippen molar-refractivity contribution in [2.45, 2.75) is 103 Å². The molecule has 0 N–H and O–H groups in total. The van der Waals surface area contributed by atoms with E-state index in [0.29, 0.717) is 23.5 Å². The summed E-state index contributed by atoms with van der Waals surface area (Å²) >= 11 is 0. The number of nitrogens with zero attached hydrogens (tertiary/aromatic N) is 2. The van der Waals surface area contributed by atoms with Gasteiger partial charge in [-0.25, -0.2) is 4.39 Å². The second kappa shape index (κ2) is 12.0. The first-order chi connectivity index (χ1) is 18.4. The van der Waals surface area contributed by atoms with Crippen molar-refractivity contribution in [3.63, 3.8) is 0 Å². The second-order valence-corrected chi connectivity index (χ2v) is 15.1. The molecule has 39 heavy (non-hydrogen) atoms. The third-order valence-electron chi connectivity index (χ3n) is 8.11. The van der Waals surface area contributed by atoms with Crippen LogP contribution in [0, 0.1) is 11.2 Å². The van der Waals surface area contributed by atoms with Gasteiger partial charge in [0, 0.05) is 5.56 Å². The number of aliphatic imine (C=N–C) groups is 1. The van der Waals surface area contributed by atoms with Gasteiger partial charge in [0.05, 0.1) is 39.3 Å². The number of ether oxygens (including phenoxy) is 1. The van der Waals surface area contributed by atoms with Gasteiger partial charge >= 0.3 is 0 Å². The summed E-state index contributed by atoms with van der Waals surface area (Å²) in [7, 11) is -0.283. The molecule has 2 aromatic carbocycles. The highest BCUT2D eigenvalue weighted by atomic mass is 31.1. The Labute approximate surface area is 235 Å². The zero-order valence-electron chi connectivity index (χ0n) is 24.5. The van der Waals surface area contributed by atoms with E-state index in [2.05, 4.69) is 62.9 Å². The Morgan fingerprint density at radius 3 is 2.26 bits per heavy atom. The number of carbonyl (C=O) groups is 1. The zero-order chi connectivity index (χ0) is 28.4. The number of hydrogen-bond donors (Lipinski definition) is 0. The Morgan fingerprint density at radius 1 is 1.10 bits per heavy atom. The summed E-state index contributed by atoms with van der Waals surface area (Å²) in [6, 6.07) is 14.7. The number of halogens is 1. The number of rotatable bonds is 9. The second-order valence-electron chi connectivity index (χ2n) is 12.8. The molecule has 1 spiro atoms. The highest BCUT2D eigenvalue weighted by Gasteiger charge is 2.52. The van der Waals surface area contributed by atoms with E-state index in [0.717, 1.165) is 49.7 Å². The lowest BCUT2D eigenvalue weighted by atomic mass is 9.83. The van der Waals surface area contributed by atoms with E-state index in [1.165, 1.54) is 12.1 Å². The predicted octanol–water partition coefficient (Wildman–Crippen LogP) is 8.13. The fourth-order valence-electron chi connectivity index (χ4n) is 5.81. The zero-order valence-corrected chi connectivity index (χ0v) is 25.4. The molecule has 1 aliphatic carbocycles. The van der Waals surface area contributed by atoms with Gasteiger partial charge in [-0.1, -0.05) is 45.0 Å². The van der Waals surface area contributed by atoms with Crippen LogP contribution in [0.4, 0.5) is 4.39 Å². The van der Waals surface area contributed by atoms with Crippen LogP contribution in [0.5, 0.6) is 0 Å². The molecule has 1 amide bonds. The van der Waals surface area contributed by atoms with Crippen LogP contribution in [0.15, 0.2) is 53.5 Å². The van der Waals surface area contributed by atoms with Crippen LogP contribution < -0.4 is 0 Å². The van der Waals surface area contributed by atoms with Crippen LogP contribution >= 0.6 is 7.55 Å². The maximum absolute atomic E-state index is 14.3. The van der Waals surface area contributed by atoms with Crippen LogP contribution in [0.1, 0.15) is 95.9 Å². The third-order valence-corrected chi connectivity index (χ3v) is 9.88. The molecule has 0 aromatic heterocycles. The van der Waals surface area contributed by atoms with E-state index >= 15 is 0 Å². The first kappa shape index (κ1) is 29.6. The van der Waals surface area contributed by atoms with Gasteiger partial charge in [0.1, 0.15) is 22.9 Å². The van der Waals surface area contributed by atoms with Crippen LogP contribution in [-0.2, 0) is 16.1 Å². The van der Waals surface area contributed by atoms with Crippen LogP contribution in [0.3, 0.4) is 0 Å². The van der Waals surface area contributed by atoms with Crippen LogP contribution in [-0.4, -0.2) is 46.9 Å². The summed E-state index contributed by atoms with van der Waals surface area (Å²) in [5.74, 6) is -0.354. The minimum Gasteiger partial charge on any atom is -0.374 e. The Kier molecular flexibility index (Phi) is 9.13. The summed E-state index contributed by atoms with van der Waals surface area (Å²) in [6.07, 6.45) is 10.1. The molecule has 4 nitrogen and oxygen atoms in total. The monoisotopic (exact) mass is 551 g/mol. The average Bonchev–Trinajstić information content (AvgIpc) is 3.15. The molecule has 0 saturated heterocycles. The average molecular weight is 552 g/mol. The fourth-order valence-corrected chi connectivity index (χ4v) is 6.95. The van der Waals surface area contributed by atoms with E-state index in [4.69, 9.17) is 9.73 Å². The molecule has 1 heterocycles. The summed E-state index contributed by atoms with van der Waals surface area (Å²) in [5, 5.41) is 0. The Balaban J connectivity index is 1.74. The highest BCUT2D eigenvalue weighted by Crippen LogP contribution is 2.49. The lowest BCUT2D eigenvalue weighted by molar-refractivity contribution is -0.133. The number of carbonyl (C=O) groups excluding carboxylic acids is 1. The molecule has 1 saturated carbocycles. The lowest BCUT2D eigenvalue weighted by Gasteiger charge is -2.45. The minimum absolute atomic E-state index is 0.0421. The molecule has 2 unspecified atom stereocenters. The molecule has 210 valence electrons. The topological polar surface area (TPSA) is 41.9 Å². The van der Waals surface area contributed by atoms with Crippen molar-refractivity contribution < 1.29 is 13.9 Å². The maximum Gasteiger partial charge on any atom is 0.275 e. The first-order valence-corrected chi connectivity index (χ1v) is 16.4. The van der Waals surface area contributed by atoms with Gasteiger partial charge in [0.25, 0.3) is 5.91 Å². The van der Waals surface area contributed by atoms with Crippen molar-refractivity contribution in [1.29, 1.82) is 0 Å². The Hall–Kier alpha value is -2.36. The summed E-state index contributed by atoms with van der Waals surface area (Å²) in [5.41, 5.74) is 3.56. The molecule has 1 fully saturated rings. The highest BCUT2D eigenvalue weighted by molar-refractivity contribution is 7.55. The summed E-state index contributed by atoms with van der Waals surface area (Å²) < 4.78 is 19.6. The smallest absolute Gasteiger partial charge is 0.275 e. The van der Waals surface area contributed by atoms with Gasteiger partial charge in [-0.3, -0.25) is 9.79 Å². The van der Waals surface area contributed by atoms with Gasteiger partial charge in [0.15, 0.2) is 0 Å². The molecular formula is C33H45FN2O2P+.